The second-order valence-electron chi connectivity index (χ2n) is 4.42. The van der Waals surface area contributed by atoms with Gasteiger partial charge in [-0.2, -0.15) is 10.4 Å². The number of para-hydroxylation sites is 1. The Kier molecular flexibility index (Phi) is 3.45. The Morgan fingerprint density at radius 3 is 2.90 bits per heavy atom. The SMILES string of the molecule is Cn1ncc(C(C#N)c2nc3ccccc3s2)c(Cl)c1=O. The van der Waals surface area contributed by atoms with E-state index in [-0.39, 0.29) is 5.02 Å². The Balaban J connectivity index is 2.17. The van der Waals surface area contributed by atoms with Gasteiger partial charge >= 0.3 is 0 Å². The number of hydrogen-bond donors (Lipinski definition) is 0. The predicted molar refractivity (Wildman–Crippen MR) is 81.6 cm³/mol. The van der Waals surface area contributed by atoms with Crippen molar-refractivity contribution in [2.45, 2.75) is 5.92 Å². The minimum absolute atomic E-state index is 0.0123. The van der Waals surface area contributed by atoms with Gasteiger partial charge < -0.3 is 0 Å². The lowest BCUT2D eigenvalue weighted by molar-refractivity contribution is 0.698. The topological polar surface area (TPSA) is 71.6 Å². The highest BCUT2D eigenvalue weighted by molar-refractivity contribution is 7.18. The van der Waals surface area contributed by atoms with Crippen molar-refractivity contribution in [2.24, 2.45) is 7.05 Å². The number of hydrogen-bond acceptors (Lipinski definition) is 5. The van der Waals surface area contributed by atoms with Crippen molar-refractivity contribution in [3.8, 4) is 6.07 Å². The number of nitrogens with zero attached hydrogens (tertiary/aromatic N) is 4. The molecule has 1 atom stereocenters. The van der Waals surface area contributed by atoms with Gasteiger partial charge in [-0.1, -0.05) is 23.7 Å². The smallest absolute Gasteiger partial charge is 0.266 e. The van der Waals surface area contributed by atoms with Crippen molar-refractivity contribution >= 4 is 33.2 Å². The molecule has 3 aromatic rings. The van der Waals surface area contributed by atoms with E-state index in [0.717, 1.165) is 14.9 Å². The molecular formula is C14H9ClN4OS. The summed E-state index contributed by atoms with van der Waals surface area (Å²) in [4.78, 5) is 16.3. The second kappa shape index (κ2) is 5.28. The van der Waals surface area contributed by atoms with Crippen molar-refractivity contribution in [3.05, 3.63) is 56.4 Å². The molecule has 0 bridgehead atoms. The summed E-state index contributed by atoms with van der Waals surface area (Å²) in [7, 11) is 1.51. The highest BCUT2D eigenvalue weighted by Crippen LogP contribution is 2.32. The van der Waals surface area contributed by atoms with E-state index in [1.165, 1.54) is 24.6 Å². The average molecular weight is 317 g/mol. The van der Waals surface area contributed by atoms with E-state index in [1.54, 1.807) is 0 Å². The molecule has 0 radical (unpaired) electrons. The van der Waals surface area contributed by atoms with Gasteiger partial charge in [0.05, 0.1) is 22.5 Å². The van der Waals surface area contributed by atoms with Crippen LogP contribution in [0.25, 0.3) is 10.2 Å². The summed E-state index contributed by atoms with van der Waals surface area (Å²) in [6, 6.07) is 9.78. The van der Waals surface area contributed by atoms with Gasteiger partial charge in [0.2, 0.25) is 0 Å². The first-order chi connectivity index (χ1) is 10.1. The highest BCUT2D eigenvalue weighted by atomic mass is 35.5. The molecule has 2 aromatic heterocycles. The van der Waals surface area contributed by atoms with Crippen LogP contribution in [-0.4, -0.2) is 14.8 Å². The third-order valence-corrected chi connectivity index (χ3v) is 4.58. The zero-order valence-electron chi connectivity index (χ0n) is 10.9. The van der Waals surface area contributed by atoms with Crippen LogP contribution in [0.2, 0.25) is 5.02 Å². The number of halogens is 1. The quantitative estimate of drug-likeness (QED) is 0.728. The summed E-state index contributed by atoms with van der Waals surface area (Å²) in [5.41, 5.74) is 0.794. The van der Waals surface area contributed by atoms with Gasteiger partial charge in [0.15, 0.2) is 0 Å². The van der Waals surface area contributed by atoms with Crippen molar-refractivity contribution < 1.29 is 0 Å². The number of benzene rings is 1. The lowest BCUT2D eigenvalue weighted by Crippen LogP contribution is -2.22. The number of thiazole rings is 1. The fraction of sp³-hybridized carbons (Fsp3) is 0.143. The van der Waals surface area contributed by atoms with Gasteiger partial charge in [-0.15, -0.1) is 11.3 Å². The van der Waals surface area contributed by atoms with Crippen LogP contribution in [0.4, 0.5) is 0 Å². The Hall–Kier alpha value is -2.23. The standard InChI is InChI=1S/C14H9ClN4OS/c1-19-14(20)12(15)9(7-17-19)8(6-16)13-18-10-4-2-3-5-11(10)21-13/h2-5,7-8H,1H3. The van der Waals surface area contributed by atoms with Crippen LogP contribution in [0.1, 0.15) is 16.5 Å². The van der Waals surface area contributed by atoms with E-state index >= 15 is 0 Å². The zero-order valence-corrected chi connectivity index (χ0v) is 12.5. The number of aromatic nitrogens is 3. The Bertz CT molecular complexity index is 892. The average Bonchev–Trinajstić information content (AvgIpc) is 2.91. The summed E-state index contributed by atoms with van der Waals surface area (Å²) in [5, 5.41) is 14.0. The molecule has 21 heavy (non-hydrogen) atoms. The van der Waals surface area contributed by atoms with E-state index < -0.39 is 11.5 Å². The molecule has 0 N–H and O–H groups in total. The fourth-order valence-corrected chi connectivity index (χ4v) is 3.31. The van der Waals surface area contributed by atoms with Crippen molar-refractivity contribution in [1.82, 2.24) is 14.8 Å². The molecule has 0 aliphatic rings. The molecule has 1 aromatic carbocycles. The summed E-state index contributed by atoms with van der Waals surface area (Å²) in [5.74, 6) is -0.698. The van der Waals surface area contributed by atoms with Crippen LogP contribution < -0.4 is 5.56 Å². The third kappa shape index (κ3) is 2.31. The molecule has 1 unspecified atom stereocenters. The Labute approximate surface area is 129 Å². The molecular weight excluding hydrogens is 308 g/mol. The first kappa shape index (κ1) is 13.7. The fourth-order valence-electron chi connectivity index (χ4n) is 2.00. The number of nitriles is 1. The summed E-state index contributed by atoms with van der Waals surface area (Å²) in [6.45, 7) is 0. The summed E-state index contributed by atoms with van der Waals surface area (Å²) >= 11 is 7.49. The molecule has 0 aliphatic heterocycles. The van der Waals surface area contributed by atoms with Crippen LogP contribution in [0.3, 0.4) is 0 Å². The first-order valence-electron chi connectivity index (χ1n) is 6.08. The molecule has 0 spiro atoms. The molecule has 0 saturated carbocycles. The highest BCUT2D eigenvalue weighted by Gasteiger charge is 2.23. The van der Waals surface area contributed by atoms with E-state index in [2.05, 4.69) is 16.2 Å². The van der Waals surface area contributed by atoms with Crippen molar-refractivity contribution in [3.63, 3.8) is 0 Å². The Morgan fingerprint density at radius 1 is 1.43 bits per heavy atom. The minimum Gasteiger partial charge on any atom is -0.266 e. The van der Waals surface area contributed by atoms with Crippen LogP contribution >= 0.6 is 22.9 Å². The van der Waals surface area contributed by atoms with E-state index in [1.807, 2.05) is 24.3 Å². The number of aryl methyl sites for hydroxylation is 1. The predicted octanol–water partition coefficient (Wildman–Crippen LogP) is 2.70. The molecule has 0 amide bonds. The lowest BCUT2D eigenvalue weighted by Gasteiger charge is -2.08. The van der Waals surface area contributed by atoms with Crippen LogP contribution in [0, 0.1) is 11.3 Å². The van der Waals surface area contributed by atoms with Crippen LogP contribution in [0.15, 0.2) is 35.3 Å². The number of rotatable bonds is 2. The molecule has 3 rings (SSSR count). The first-order valence-corrected chi connectivity index (χ1v) is 7.28. The lowest BCUT2D eigenvalue weighted by atomic mass is 10.0. The van der Waals surface area contributed by atoms with E-state index in [9.17, 15) is 10.1 Å². The monoisotopic (exact) mass is 316 g/mol. The van der Waals surface area contributed by atoms with Gasteiger partial charge in [0.1, 0.15) is 15.9 Å². The molecule has 2 heterocycles. The molecule has 0 fully saturated rings. The van der Waals surface area contributed by atoms with Crippen LogP contribution in [0.5, 0.6) is 0 Å². The minimum atomic E-state index is -0.698. The maximum Gasteiger partial charge on any atom is 0.285 e. The van der Waals surface area contributed by atoms with Gasteiger partial charge in [-0.25, -0.2) is 9.67 Å². The molecule has 104 valence electrons. The Morgan fingerprint density at radius 2 is 2.19 bits per heavy atom. The second-order valence-corrected chi connectivity index (χ2v) is 5.86. The van der Waals surface area contributed by atoms with E-state index in [0.29, 0.717) is 10.6 Å². The third-order valence-electron chi connectivity index (χ3n) is 3.10. The molecule has 0 aliphatic carbocycles. The zero-order chi connectivity index (χ0) is 15.0. The molecule has 7 heteroatoms. The maximum atomic E-state index is 11.9. The summed E-state index contributed by atoms with van der Waals surface area (Å²) in [6.07, 6.45) is 1.45. The normalized spacial score (nSPS) is 12.2. The van der Waals surface area contributed by atoms with Gasteiger partial charge in [0.25, 0.3) is 5.56 Å². The maximum absolute atomic E-state index is 11.9. The van der Waals surface area contributed by atoms with Gasteiger partial charge in [-0.05, 0) is 12.1 Å². The van der Waals surface area contributed by atoms with Crippen molar-refractivity contribution in [2.75, 3.05) is 0 Å². The van der Waals surface area contributed by atoms with Gasteiger partial charge in [0, 0.05) is 12.6 Å². The van der Waals surface area contributed by atoms with Crippen molar-refractivity contribution in [1.29, 1.82) is 5.26 Å². The number of fused-ring (bicyclic) bond motifs is 1. The van der Waals surface area contributed by atoms with E-state index in [4.69, 9.17) is 11.6 Å². The molecule has 5 nitrogen and oxygen atoms in total. The summed E-state index contributed by atoms with van der Waals surface area (Å²) < 4.78 is 2.12. The van der Waals surface area contributed by atoms with Crippen LogP contribution in [-0.2, 0) is 7.05 Å². The van der Waals surface area contributed by atoms with Gasteiger partial charge in [-0.3, -0.25) is 4.79 Å². The largest absolute Gasteiger partial charge is 0.285 e. The molecule has 0 saturated heterocycles.